The zero-order valence-electron chi connectivity index (χ0n) is 13.0. The Hall–Kier alpha value is -2.42. The Morgan fingerprint density at radius 2 is 2.08 bits per heavy atom. The summed E-state index contributed by atoms with van der Waals surface area (Å²) in [5.41, 5.74) is 1.33. The number of nitro benzene ring substituents is 1. The number of carbonyl (C=O) groups excluding carboxylic acids is 1. The molecule has 0 bridgehead atoms. The molecule has 126 valence electrons. The molecule has 1 amide bonds. The molecule has 2 aliphatic heterocycles. The van der Waals surface area contributed by atoms with Gasteiger partial charge in [0.1, 0.15) is 5.69 Å². The number of nitro groups is 1. The van der Waals surface area contributed by atoms with E-state index >= 15 is 0 Å². The Bertz CT molecular complexity index is 713. The molecule has 0 spiro atoms. The van der Waals surface area contributed by atoms with Crippen molar-refractivity contribution in [3.05, 3.63) is 33.9 Å². The van der Waals surface area contributed by atoms with E-state index in [9.17, 15) is 14.9 Å². The van der Waals surface area contributed by atoms with Crippen molar-refractivity contribution >= 4 is 40.4 Å². The fourth-order valence-electron chi connectivity index (χ4n) is 2.70. The van der Waals surface area contributed by atoms with Gasteiger partial charge < -0.3 is 10.2 Å². The normalized spacial score (nSPS) is 19.9. The van der Waals surface area contributed by atoms with Gasteiger partial charge in [0, 0.05) is 24.7 Å². The first-order chi connectivity index (χ1) is 11.6. The fourth-order valence-corrected chi connectivity index (χ4v) is 3.33. The highest BCUT2D eigenvalue weighted by Gasteiger charge is 2.21. The Balaban J connectivity index is 1.78. The second kappa shape index (κ2) is 7.43. The molecule has 0 atom stereocenters. The summed E-state index contributed by atoms with van der Waals surface area (Å²) in [6.07, 6.45) is 4.73. The molecule has 3 rings (SSSR count). The van der Waals surface area contributed by atoms with Crippen LogP contribution in [0.3, 0.4) is 0 Å². The average Bonchev–Trinajstić information content (AvgIpc) is 3.01. The summed E-state index contributed by atoms with van der Waals surface area (Å²) in [7, 11) is 0. The number of nitrogens with one attached hydrogen (secondary N) is 1. The summed E-state index contributed by atoms with van der Waals surface area (Å²) in [6.45, 7) is 1.69. The summed E-state index contributed by atoms with van der Waals surface area (Å²) in [4.78, 5) is 24.1. The number of rotatable bonds is 4. The molecule has 9 heteroatoms. The van der Waals surface area contributed by atoms with Gasteiger partial charge in [0.15, 0.2) is 5.17 Å². The fraction of sp³-hybridized carbons (Fsp3) is 0.400. The third-order valence-electron chi connectivity index (χ3n) is 3.83. The van der Waals surface area contributed by atoms with Gasteiger partial charge in [0.05, 0.1) is 16.9 Å². The maximum atomic E-state index is 11.4. The number of amides is 1. The van der Waals surface area contributed by atoms with Crippen LogP contribution in [0.4, 0.5) is 11.4 Å². The molecule has 0 radical (unpaired) electrons. The number of benzene rings is 1. The number of hydrogen-bond acceptors (Lipinski definition) is 7. The van der Waals surface area contributed by atoms with Gasteiger partial charge in [-0.25, -0.2) is 0 Å². The van der Waals surface area contributed by atoms with Gasteiger partial charge in [-0.15, -0.1) is 5.10 Å². The number of carbonyl (C=O) groups is 1. The molecular formula is C15H17N5O3S. The zero-order chi connectivity index (χ0) is 16.9. The van der Waals surface area contributed by atoms with Crippen molar-refractivity contribution < 1.29 is 9.72 Å². The molecule has 2 saturated heterocycles. The van der Waals surface area contributed by atoms with E-state index in [1.807, 2.05) is 0 Å². The molecule has 0 aliphatic carbocycles. The van der Waals surface area contributed by atoms with E-state index in [2.05, 4.69) is 20.4 Å². The molecule has 8 nitrogen and oxygen atoms in total. The molecule has 1 aromatic rings. The predicted octanol–water partition coefficient (Wildman–Crippen LogP) is 2.14. The van der Waals surface area contributed by atoms with Crippen LogP contribution in [0.5, 0.6) is 0 Å². The molecule has 0 unspecified atom stereocenters. The number of hydrogen-bond donors (Lipinski definition) is 1. The van der Waals surface area contributed by atoms with Gasteiger partial charge in [-0.2, -0.15) is 5.10 Å². The highest BCUT2D eigenvalue weighted by molar-refractivity contribution is 8.15. The molecule has 24 heavy (non-hydrogen) atoms. The first kappa shape index (κ1) is 16.4. The average molecular weight is 347 g/mol. The summed E-state index contributed by atoms with van der Waals surface area (Å²) in [5.74, 6) is 0.236. The van der Waals surface area contributed by atoms with Crippen molar-refractivity contribution in [2.75, 3.05) is 23.7 Å². The number of nitrogens with zero attached hydrogens (tertiary/aromatic N) is 4. The van der Waals surface area contributed by atoms with E-state index in [1.165, 1.54) is 30.5 Å². The second-order valence-corrected chi connectivity index (χ2v) is 6.50. The third kappa shape index (κ3) is 3.91. The van der Waals surface area contributed by atoms with Gasteiger partial charge >= 0.3 is 0 Å². The van der Waals surface area contributed by atoms with Crippen molar-refractivity contribution in [2.45, 2.75) is 19.3 Å². The van der Waals surface area contributed by atoms with Crippen LogP contribution in [0, 0.1) is 10.1 Å². The molecular weight excluding hydrogens is 330 g/mol. The van der Waals surface area contributed by atoms with E-state index in [1.54, 1.807) is 12.1 Å². The molecule has 1 aromatic carbocycles. The summed E-state index contributed by atoms with van der Waals surface area (Å²) in [6, 6.07) is 5.07. The van der Waals surface area contributed by atoms with Crippen LogP contribution in [-0.2, 0) is 4.79 Å². The summed E-state index contributed by atoms with van der Waals surface area (Å²) in [5, 5.41) is 22.2. The van der Waals surface area contributed by atoms with Crippen LogP contribution < -0.4 is 10.2 Å². The Labute approximate surface area is 143 Å². The topological polar surface area (TPSA) is 100 Å². The SMILES string of the molecule is O=C1CSC(=NN=Cc2ccc(N3CCCCC3)c([N+](=O)[O-])c2)N1. The largest absolute Gasteiger partial charge is 0.366 e. The predicted molar refractivity (Wildman–Crippen MR) is 94.8 cm³/mol. The van der Waals surface area contributed by atoms with Crippen LogP contribution >= 0.6 is 11.8 Å². The quantitative estimate of drug-likeness (QED) is 0.511. The summed E-state index contributed by atoms with van der Waals surface area (Å²) >= 11 is 1.28. The van der Waals surface area contributed by atoms with Gasteiger partial charge in [0.2, 0.25) is 5.91 Å². The lowest BCUT2D eigenvalue weighted by atomic mass is 10.1. The number of piperidine rings is 1. The number of anilines is 1. The first-order valence-corrected chi connectivity index (χ1v) is 8.69. The van der Waals surface area contributed by atoms with Gasteiger partial charge in [0.25, 0.3) is 5.69 Å². The molecule has 0 saturated carbocycles. The van der Waals surface area contributed by atoms with Crippen molar-refractivity contribution in [1.82, 2.24) is 5.32 Å². The lowest BCUT2D eigenvalue weighted by Crippen LogP contribution is -2.29. The van der Waals surface area contributed by atoms with Crippen LogP contribution in [0.1, 0.15) is 24.8 Å². The molecule has 0 aromatic heterocycles. The summed E-state index contributed by atoms with van der Waals surface area (Å²) < 4.78 is 0. The molecule has 2 fully saturated rings. The standard InChI is InChI=1S/C15H17N5O3S/c21-14-10-24-15(17-14)18-16-9-11-4-5-12(13(8-11)20(22)23)19-6-2-1-3-7-19/h4-5,8-9H,1-3,6-7,10H2,(H,17,18,21). The third-order valence-corrected chi connectivity index (χ3v) is 4.70. The minimum absolute atomic E-state index is 0.0806. The van der Waals surface area contributed by atoms with Crippen LogP contribution in [0.25, 0.3) is 0 Å². The van der Waals surface area contributed by atoms with E-state index < -0.39 is 0 Å². The van der Waals surface area contributed by atoms with Crippen molar-refractivity contribution in [3.63, 3.8) is 0 Å². The maximum Gasteiger partial charge on any atom is 0.293 e. The zero-order valence-corrected chi connectivity index (χ0v) is 13.8. The Morgan fingerprint density at radius 3 is 2.75 bits per heavy atom. The maximum absolute atomic E-state index is 11.4. The van der Waals surface area contributed by atoms with Gasteiger partial charge in [-0.1, -0.05) is 17.8 Å². The van der Waals surface area contributed by atoms with E-state index in [0.717, 1.165) is 25.9 Å². The first-order valence-electron chi connectivity index (χ1n) is 7.70. The molecule has 1 N–H and O–H groups in total. The van der Waals surface area contributed by atoms with Crippen LogP contribution in [0.15, 0.2) is 28.4 Å². The van der Waals surface area contributed by atoms with Crippen LogP contribution in [-0.4, -0.2) is 41.1 Å². The minimum atomic E-state index is -0.361. The highest BCUT2D eigenvalue weighted by atomic mass is 32.2. The van der Waals surface area contributed by atoms with Crippen molar-refractivity contribution in [1.29, 1.82) is 0 Å². The van der Waals surface area contributed by atoms with Crippen molar-refractivity contribution in [2.24, 2.45) is 10.2 Å². The van der Waals surface area contributed by atoms with Crippen molar-refractivity contribution in [3.8, 4) is 0 Å². The van der Waals surface area contributed by atoms with E-state index in [4.69, 9.17) is 0 Å². The number of thioether (sulfide) groups is 1. The molecule has 2 aliphatic rings. The lowest BCUT2D eigenvalue weighted by molar-refractivity contribution is -0.384. The smallest absolute Gasteiger partial charge is 0.293 e. The van der Waals surface area contributed by atoms with Crippen LogP contribution in [0.2, 0.25) is 0 Å². The second-order valence-electron chi connectivity index (χ2n) is 5.54. The lowest BCUT2D eigenvalue weighted by Gasteiger charge is -2.28. The highest BCUT2D eigenvalue weighted by Crippen LogP contribution is 2.30. The Kier molecular flexibility index (Phi) is 5.09. The van der Waals surface area contributed by atoms with Gasteiger partial charge in [-0.3, -0.25) is 14.9 Å². The van der Waals surface area contributed by atoms with E-state index in [0.29, 0.717) is 22.2 Å². The molecule has 2 heterocycles. The Morgan fingerprint density at radius 1 is 1.29 bits per heavy atom. The minimum Gasteiger partial charge on any atom is -0.366 e. The monoisotopic (exact) mass is 347 g/mol. The van der Waals surface area contributed by atoms with Gasteiger partial charge in [-0.05, 0) is 25.3 Å². The van der Waals surface area contributed by atoms with E-state index in [-0.39, 0.29) is 16.5 Å². The number of amidine groups is 1.